The fraction of sp³-hybridized carbons (Fsp3) is 0.0714. The number of nitrogens with zero attached hydrogens (tertiary/aromatic N) is 5. The van der Waals surface area contributed by atoms with Gasteiger partial charge in [-0.3, -0.25) is 4.79 Å². The molecule has 8 nitrogen and oxygen atoms in total. The van der Waals surface area contributed by atoms with Gasteiger partial charge in [0.2, 0.25) is 0 Å². The molecule has 0 radical (unpaired) electrons. The smallest absolute Gasteiger partial charge is 0.446 e. The van der Waals surface area contributed by atoms with Crippen molar-refractivity contribution in [2.75, 3.05) is 7.11 Å². The summed E-state index contributed by atoms with van der Waals surface area (Å²) in [7, 11) is 1.05. The maximum absolute atomic E-state index is 12.3. The predicted octanol–water partition coefficient (Wildman–Crippen LogP) is 2.81. The molecule has 8 heteroatoms. The lowest BCUT2D eigenvalue weighted by atomic mass is 10.00. The van der Waals surface area contributed by atoms with Crippen LogP contribution in [0.2, 0.25) is 0 Å². The number of azide groups is 1. The highest BCUT2D eigenvalue weighted by atomic mass is 16.5. The lowest BCUT2D eigenvalue weighted by Gasteiger charge is -2.04. The lowest BCUT2D eigenvalue weighted by Crippen LogP contribution is -2.26. The molecule has 0 unspecified atom stereocenters. The van der Waals surface area contributed by atoms with Gasteiger partial charge in [-0.2, -0.15) is 4.79 Å². The number of Topliss-reactive ketones (excluding diaryl/α,β-unsaturated/α-hetero) is 1. The molecule has 0 fully saturated rings. The number of esters is 1. The Labute approximate surface area is 124 Å². The van der Waals surface area contributed by atoms with Crippen LogP contribution in [0.25, 0.3) is 26.7 Å². The third kappa shape index (κ3) is 2.69. The molecule has 2 rings (SSSR count). The predicted molar refractivity (Wildman–Crippen MR) is 77.7 cm³/mol. The summed E-state index contributed by atoms with van der Waals surface area (Å²) in [4.78, 5) is 29.1. The zero-order chi connectivity index (χ0) is 16.1. The van der Waals surface area contributed by atoms with Gasteiger partial charge in [0.25, 0.3) is 5.78 Å². The molecule has 0 N–H and O–H groups in total. The number of methoxy groups -OCH3 is 1. The van der Waals surface area contributed by atoms with Crippen molar-refractivity contribution in [2.24, 2.45) is 5.11 Å². The number of hydrogen-bond acceptors (Lipinski definition) is 4. The average Bonchev–Trinajstić information content (AvgIpc) is 2.54. The van der Waals surface area contributed by atoms with E-state index in [4.69, 9.17) is 11.1 Å². The van der Waals surface area contributed by atoms with Crippen molar-refractivity contribution >= 4 is 33.9 Å². The number of carbonyl (C=O) groups excluding carboxylic acids is 2. The third-order valence-corrected chi connectivity index (χ3v) is 2.95. The van der Waals surface area contributed by atoms with Gasteiger partial charge in [-0.25, -0.2) is 4.79 Å². The van der Waals surface area contributed by atoms with E-state index < -0.39 is 17.5 Å². The molecule has 0 saturated carbocycles. The molecule has 0 aliphatic heterocycles. The molecule has 0 spiro atoms. The molecular formula is C14H9N5O3. The molecule has 22 heavy (non-hydrogen) atoms. The van der Waals surface area contributed by atoms with Crippen LogP contribution < -0.4 is 0 Å². The second-order valence-corrected chi connectivity index (χ2v) is 4.18. The minimum absolute atomic E-state index is 0.0243. The number of benzene rings is 2. The van der Waals surface area contributed by atoms with E-state index in [-0.39, 0.29) is 11.3 Å². The van der Waals surface area contributed by atoms with Gasteiger partial charge in [0.15, 0.2) is 0 Å². The summed E-state index contributed by atoms with van der Waals surface area (Å²) >= 11 is 0. The van der Waals surface area contributed by atoms with Gasteiger partial charge < -0.3 is 10.3 Å². The molecule has 108 valence electrons. The van der Waals surface area contributed by atoms with E-state index in [9.17, 15) is 9.59 Å². The quantitative estimate of drug-likeness (QED) is 0.163. The first kappa shape index (κ1) is 14.9. The van der Waals surface area contributed by atoms with E-state index in [1.165, 1.54) is 12.1 Å². The van der Waals surface area contributed by atoms with Crippen LogP contribution in [0.1, 0.15) is 10.4 Å². The first-order chi connectivity index (χ1) is 10.6. The standard InChI is InChI=1S/C14H9N5O3/c1-22-14(21)12(17-15)13(20)10-6-8-4-2-3-5-9(8)7-11(10)18-19-16/h2-7H,1H3. The van der Waals surface area contributed by atoms with E-state index in [0.29, 0.717) is 5.39 Å². The highest BCUT2D eigenvalue weighted by Gasteiger charge is 2.33. The molecule has 0 saturated heterocycles. The summed E-state index contributed by atoms with van der Waals surface area (Å²) in [5.41, 5.74) is 16.6. The van der Waals surface area contributed by atoms with Gasteiger partial charge in [-0.15, -0.1) is 0 Å². The van der Waals surface area contributed by atoms with Crippen LogP contribution >= 0.6 is 0 Å². The van der Waals surface area contributed by atoms with Crippen LogP contribution in [0.5, 0.6) is 0 Å². The van der Waals surface area contributed by atoms with Gasteiger partial charge in [-0.05, 0) is 28.4 Å². The molecule has 0 bridgehead atoms. The lowest BCUT2D eigenvalue weighted by molar-refractivity contribution is -0.137. The number of rotatable bonds is 4. The Kier molecular flexibility index (Phi) is 4.29. The Bertz CT molecular complexity index is 877. The number of ketones is 1. The minimum atomic E-state index is -1.09. The summed E-state index contributed by atoms with van der Waals surface area (Å²) in [6.07, 6.45) is 0. The summed E-state index contributed by atoms with van der Waals surface area (Å²) in [6.45, 7) is 0. The highest BCUT2D eigenvalue weighted by molar-refractivity contribution is 6.66. The summed E-state index contributed by atoms with van der Waals surface area (Å²) in [5, 5.41) is 4.90. The van der Waals surface area contributed by atoms with Gasteiger partial charge in [0.05, 0.1) is 7.11 Å². The topological polar surface area (TPSA) is 129 Å². The first-order valence-electron chi connectivity index (χ1n) is 6.05. The van der Waals surface area contributed by atoms with Crippen LogP contribution in [0, 0.1) is 0 Å². The highest BCUT2D eigenvalue weighted by Crippen LogP contribution is 2.27. The summed E-state index contributed by atoms with van der Waals surface area (Å²) in [6, 6.07) is 10.1. The van der Waals surface area contributed by atoms with Crippen LogP contribution in [-0.2, 0) is 9.53 Å². The number of ether oxygens (including phenoxy) is 1. The largest absolute Gasteiger partial charge is 0.460 e. The fourth-order valence-corrected chi connectivity index (χ4v) is 1.94. The van der Waals surface area contributed by atoms with Crippen molar-refractivity contribution in [1.82, 2.24) is 0 Å². The number of fused-ring (bicyclic) bond motifs is 1. The van der Waals surface area contributed by atoms with Crippen LogP contribution in [0.15, 0.2) is 41.5 Å². The Hall–Kier alpha value is -3.47. The van der Waals surface area contributed by atoms with Gasteiger partial charge in [0, 0.05) is 16.2 Å². The van der Waals surface area contributed by atoms with E-state index >= 15 is 0 Å². The summed E-state index contributed by atoms with van der Waals surface area (Å²) < 4.78 is 4.38. The Morgan fingerprint density at radius 3 is 2.32 bits per heavy atom. The molecule has 0 heterocycles. The monoisotopic (exact) mass is 295 g/mol. The summed E-state index contributed by atoms with van der Waals surface area (Å²) in [5.74, 6) is -1.99. The maximum Gasteiger partial charge on any atom is 0.446 e. The molecule has 0 atom stereocenters. The van der Waals surface area contributed by atoms with Crippen LogP contribution in [0.4, 0.5) is 5.69 Å². The van der Waals surface area contributed by atoms with Gasteiger partial charge >= 0.3 is 11.7 Å². The SMILES string of the molecule is COC(=O)C(=[N+]=[N-])C(=O)c1cc2ccccc2cc1N=[N+]=[N-]. The van der Waals surface area contributed by atoms with E-state index in [1.54, 1.807) is 24.3 Å². The number of hydrogen-bond donors (Lipinski definition) is 0. The fourth-order valence-electron chi connectivity index (χ4n) is 1.94. The minimum Gasteiger partial charge on any atom is -0.460 e. The van der Waals surface area contributed by atoms with Crippen molar-refractivity contribution in [2.45, 2.75) is 0 Å². The molecule has 0 aromatic heterocycles. The molecule has 0 aliphatic rings. The zero-order valence-electron chi connectivity index (χ0n) is 11.4. The first-order valence-corrected chi connectivity index (χ1v) is 6.05. The van der Waals surface area contributed by atoms with Crippen molar-refractivity contribution in [3.05, 3.63) is 57.9 Å². The molecule has 2 aromatic carbocycles. The molecule has 0 amide bonds. The third-order valence-electron chi connectivity index (χ3n) is 2.95. The molecular weight excluding hydrogens is 286 g/mol. The Morgan fingerprint density at radius 1 is 1.14 bits per heavy atom. The second kappa shape index (κ2) is 6.32. The molecule has 2 aromatic rings. The van der Waals surface area contributed by atoms with Crippen molar-refractivity contribution in [3.63, 3.8) is 0 Å². The second-order valence-electron chi connectivity index (χ2n) is 4.18. The van der Waals surface area contributed by atoms with E-state index in [1.807, 2.05) is 0 Å². The maximum atomic E-state index is 12.3. The van der Waals surface area contributed by atoms with Crippen LogP contribution in [0.3, 0.4) is 0 Å². The van der Waals surface area contributed by atoms with E-state index in [2.05, 4.69) is 19.6 Å². The molecule has 0 aliphatic carbocycles. The average molecular weight is 295 g/mol. The number of carbonyl (C=O) groups is 2. The van der Waals surface area contributed by atoms with Crippen molar-refractivity contribution in [1.29, 1.82) is 0 Å². The Balaban J connectivity index is 2.69. The van der Waals surface area contributed by atoms with Gasteiger partial charge in [-0.1, -0.05) is 29.4 Å². The van der Waals surface area contributed by atoms with Crippen molar-refractivity contribution < 1.29 is 19.1 Å². The Morgan fingerprint density at radius 2 is 1.77 bits per heavy atom. The normalized spacial score (nSPS) is 9.50. The van der Waals surface area contributed by atoms with Crippen LogP contribution in [-0.4, -0.2) is 29.4 Å². The van der Waals surface area contributed by atoms with Crippen molar-refractivity contribution in [3.8, 4) is 0 Å². The zero-order valence-corrected chi connectivity index (χ0v) is 11.4. The van der Waals surface area contributed by atoms with Gasteiger partial charge in [0.1, 0.15) is 0 Å². The van der Waals surface area contributed by atoms with E-state index in [0.717, 1.165) is 12.5 Å².